The summed E-state index contributed by atoms with van der Waals surface area (Å²) in [6.07, 6.45) is 0. The van der Waals surface area contributed by atoms with Crippen LogP contribution in [0.25, 0.3) is 22.8 Å². The Balaban J connectivity index is 1.37. The van der Waals surface area contributed by atoms with Crippen molar-refractivity contribution in [1.29, 1.82) is 0 Å². The number of nitro groups is 1. The molecule has 0 bridgehead atoms. The molecule has 10 nitrogen and oxygen atoms in total. The van der Waals surface area contributed by atoms with Crippen LogP contribution in [0.4, 0.5) is 17.1 Å². The third-order valence-corrected chi connectivity index (χ3v) is 6.23. The Bertz CT molecular complexity index is 1370. The van der Waals surface area contributed by atoms with Crippen molar-refractivity contribution in [3.8, 4) is 34.3 Å². The molecule has 3 aromatic carbocycles. The van der Waals surface area contributed by atoms with Gasteiger partial charge >= 0.3 is 0 Å². The smallest absolute Gasteiger partial charge is 0.293 e. The van der Waals surface area contributed by atoms with Crippen molar-refractivity contribution in [3.05, 3.63) is 76.8 Å². The molecule has 0 unspecified atom stereocenters. The third kappa shape index (κ3) is 4.52. The Morgan fingerprint density at radius 2 is 1.56 bits per heavy atom. The first-order valence-electron chi connectivity index (χ1n) is 11.5. The molecule has 1 fully saturated rings. The molecule has 36 heavy (non-hydrogen) atoms. The molecule has 0 saturated carbocycles. The normalized spacial score (nSPS) is 13.5. The van der Waals surface area contributed by atoms with Gasteiger partial charge in [0.1, 0.15) is 5.69 Å². The lowest BCUT2D eigenvalue weighted by atomic mass is 10.1. The highest BCUT2D eigenvalue weighted by molar-refractivity contribution is 5.72. The summed E-state index contributed by atoms with van der Waals surface area (Å²) in [6, 6.07) is 20.5. The zero-order valence-electron chi connectivity index (χ0n) is 20.0. The van der Waals surface area contributed by atoms with Gasteiger partial charge in [-0.1, -0.05) is 23.4 Å². The van der Waals surface area contributed by atoms with E-state index in [1.54, 1.807) is 44.6 Å². The average molecular weight is 488 g/mol. The summed E-state index contributed by atoms with van der Waals surface area (Å²) in [5.74, 6) is 1.66. The molecule has 1 saturated heterocycles. The van der Waals surface area contributed by atoms with Crippen molar-refractivity contribution in [2.24, 2.45) is 0 Å². The second-order valence-electron chi connectivity index (χ2n) is 8.26. The Labute approximate surface area is 207 Å². The average Bonchev–Trinajstić information content (AvgIpc) is 3.43. The van der Waals surface area contributed by atoms with Gasteiger partial charge in [-0.05, 0) is 42.5 Å². The SMILES string of the molecule is COc1ccc(-c2noc(-c3ccc(N4CCN(c5ccccc5)CC4)c([N+](=O)[O-])c3)n2)cc1OC. The number of benzene rings is 3. The lowest BCUT2D eigenvalue weighted by Crippen LogP contribution is -2.46. The Morgan fingerprint density at radius 1 is 0.861 bits per heavy atom. The van der Waals surface area contributed by atoms with Gasteiger partial charge in [-0.3, -0.25) is 10.1 Å². The summed E-state index contributed by atoms with van der Waals surface area (Å²) in [5, 5.41) is 16.0. The van der Waals surface area contributed by atoms with Gasteiger partial charge in [0.2, 0.25) is 5.82 Å². The first-order chi connectivity index (χ1) is 17.6. The van der Waals surface area contributed by atoms with Crippen LogP contribution in [0.15, 0.2) is 71.3 Å². The Morgan fingerprint density at radius 3 is 2.25 bits per heavy atom. The van der Waals surface area contributed by atoms with Crippen molar-refractivity contribution in [2.75, 3.05) is 50.2 Å². The summed E-state index contributed by atoms with van der Waals surface area (Å²) in [4.78, 5) is 20.4. The summed E-state index contributed by atoms with van der Waals surface area (Å²) >= 11 is 0. The molecule has 0 amide bonds. The number of hydrogen-bond donors (Lipinski definition) is 0. The number of aromatic nitrogens is 2. The fourth-order valence-corrected chi connectivity index (χ4v) is 4.35. The minimum Gasteiger partial charge on any atom is -0.493 e. The molecule has 0 atom stereocenters. The van der Waals surface area contributed by atoms with Crippen LogP contribution < -0.4 is 19.3 Å². The van der Waals surface area contributed by atoms with E-state index in [1.807, 2.05) is 23.1 Å². The molecule has 1 aliphatic rings. The van der Waals surface area contributed by atoms with Crippen LogP contribution in [0.5, 0.6) is 11.5 Å². The fourth-order valence-electron chi connectivity index (χ4n) is 4.35. The summed E-state index contributed by atoms with van der Waals surface area (Å²) in [6.45, 7) is 2.92. The van der Waals surface area contributed by atoms with E-state index in [-0.39, 0.29) is 16.5 Å². The maximum atomic E-state index is 12.0. The largest absolute Gasteiger partial charge is 0.493 e. The number of piperazine rings is 1. The van der Waals surface area contributed by atoms with E-state index in [0.717, 1.165) is 18.8 Å². The third-order valence-electron chi connectivity index (χ3n) is 6.23. The van der Waals surface area contributed by atoms with Crippen molar-refractivity contribution < 1.29 is 18.9 Å². The number of anilines is 2. The molecule has 5 rings (SSSR count). The van der Waals surface area contributed by atoms with Gasteiger partial charge in [0.15, 0.2) is 11.5 Å². The molecule has 184 valence electrons. The van der Waals surface area contributed by atoms with E-state index in [1.165, 1.54) is 6.07 Å². The lowest BCUT2D eigenvalue weighted by molar-refractivity contribution is -0.384. The van der Waals surface area contributed by atoms with Crippen LogP contribution in [-0.4, -0.2) is 55.5 Å². The number of hydrogen-bond acceptors (Lipinski definition) is 9. The quantitative estimate of drug-likeness (QED) is 0.272. The highest BCUT2D eigenvalue weighted by atomic mass is 16.6. The molecular formula is C26H25N5O5. The number of para-hydroxylation sites is 1. The second kappa shape index (κ2) is 9.95. The summed E-state index contributed by atoms with van der Waals surface area (Å²) in [5.41, 5.74) is 2.89. The van der Waals surface area contributed by atoms with Crippen LogP contribution >= 0.6 is 0 Å². The monoisotopic (exact) mass is 487 g/mol. The molecule has 0 radical (unpaired) electrons. The maximum Gasteiger partial charge on any atom is 0.293 e. The van der Waals surface area contributed by atoms with Crippen LogP contribution in [0, 0.1) is 10.1 Å². The van der Waals surface area contributed by atoms with Crippen LogP contribution in [0.2, 0.25) is 0 Å². The number of nitro benzene ring substituents is 1. The first-order valence-corrected chi connectivity index (χ1v) is 11.5. The topological polar surface area (TPSA) is 107 Å². The molecule has 0 spiro atoms. The van der Waals surface area contributed by atoms with Gasteiger partial charge in [-0.2, -0.15) is 4.98 Å². The summed E-state index contributed by atoms with van der Waals surface area (Å²) < 4.78 is 16.0. The van der Waals surface area contributed by atoms with Gasteiger partial charge in [0.25, 0.3) is 11.6 Å². The van der Waals surface area contributed by atoms with Gasteiger partial charge < -0.3 is 23.8 Å². The molecule has 0 N–H and O–H groups in total. The van der Waals surface area contributed by atoms with Crippen molar-refractivity contribution in [3.63, 3.8) is 0 Å². The molecule has 1 aromatic heterocycles. The van der Waals surface area contributed by atoms with E-state index in [2.05, 4.69) is 27.2 Å². The van der Waals surface area contributed by atoms with Gasteiger partial charge in [0, 0.05) is 49.1 Å². The Hall–Kier alpha value is -4.60. The van der Waals surface area contributed by atoms with Crippen molar-refractivity contribution in [2.45, 2.75) is 0 Å². The first kappa shape index (κ1) is 23.2. The van der Waals surface area contributed by atoms with Crippen LogP contribution in [0.3, 0.4) is 0 Å². The van der Waals surface area contributed by atoms with Gasteiger partial charge in [-0.25, -0.2) is 0 Å². The number of rotatable bonds is 7. The highest BCUT2D eigenvalue weighted by Crippen LogP contribution is 2.35. The van der Waals surface area contributed by atoms with Crippen LogP contribution in [-0.2, 0) is 0 Å². The zero-order chi connectivity index (χ0) is 25.1. The second-order valence-corrected chi connectivity index (χ2v) is 8.26. The van der Waals surface area contributed by atoms with E-state index < -0.39 is 0 Å². The number of nitrogens with zero attached hydrogens (tertiary/aromatic N) is 5. The lowest BCUT2D eigenvalue weighted by Gasteiger charge is -2.37. The fraction of sp³-hybridized carbons (Fsp3) is 0.231. The maximum absolute atomic E-state index is 12.0. The summed E-state index contributed by atoms with van der Waals surface area (Å²) in [7, 11) is 3.11. The van der Waals surface area contributed by atoms with Crippen molar-refractivity contribution in [1.82, 2.24) is 10.1 Å². The Kier molecular flexibility index (Phi) is 6.40. The molecule has 1 aliphatic heterocycles. The molecule has 0 aliphatic carbocycles. The predicted octanol–water partition coefficient (Wildman–Crippen LogP) is 4.66. The van der Waals surface area contributed by atoms with E-state index in [4.69, 9.17) is 14.0 Å². The van der Waals surface area contributed by atoms with Gasteiger partial charge in [-0.15, -0.1) is 0 Å². The van der Waals surface area contributed by atoms with Crippen LogP contribution in [0.1, 0.15) is 0 Å². The van der Waals surface area contributed by atoms with Crippen molar-refractivity contribution >= 4 is 17.1 Å². The molecule has 10 heteroatoms. The minimum atomic E-state index is -0.367. The highest BCUT2D eigenvalue weighted by Gasteiger charge is 2.25. The molecule has 2 heterocycles. The van der Waals surface area contributed by atoms with E-state index >= 15 is 0 Å². The number of methoxy groups -OCH3 is 2. The standard InChI is InChI=1S/C26H25N5O5/c1-34-23-11-9-18(17-24(23)35-2)25-27-26(36-28-25)19-8-10-21(22(16-19)31(32)33)30-14-12-29(13-15-30)20-6-4-3-5-7-20/h3-11,16-17H,12-15H2,1-2H3. The van der Waals surface area contributed by atoms with E-state index in [0.29, 0.717) is 47.2 Å². The molecule has 4 aromatic rings. The van der Waals surface area contributed by atoms with E-state index in [9.17, 15) is 10.1 Å². The minimum absolute atomic E-state index is 0.00604. The number of ether oxygens (including phenoxy) is 2. The molecular weight excluding hydrogens is 462 g/mol. The zero-order valence-corrected chi connectivity index (χ0v) is 20.0. The van der Waals surface area contributed by atoms with Gasteiger partial charge in [0.05, 0.1) is 19.1 Å². The predicted molar refractivity (Wildman–Crippen MR) is 136 cm³/mol.